The van der Waals surface area contributed by atoms with E-state index in [0.29, 0.717) is 49.4 Å². The number of rotatable bonds is 5. The first-order valence-electron chi connectivity index (χ1n) is 10.4. The fourth-order valence-electron chi connectivity index (χ4n) is 3.66. The van der Waals surface area contributed by atoms with Crippen molar-refractivity contribution in [2.45, 2.75) is 32.2 Å². The lowest BCUT2D eigenvalue weighted by atomic mass is 10.2. The van der Waals surface area contributed by atoms with Gasteiger partial charge in [0.05, 0.1) is 24.9 Å². The number of aryl methyl sites for hydroxylation is 1. The molecule has 1 amide bonds. The van der Waals surface area contributed by atoms with Gasteiger partial charge in [-0.2, -0.15) is 4.98 Å². The second kappa shape index (κ2) is 7.36. The fourth-order valence-corrected chi connectivity index (χ4v) is 3.66. The lowest BCUT2D eigenvalue weighted by Gasteiger charge is -2.34. The molecule has 1 aliphatic carbocycles. The van der Waals surface area contributed by atoms with E-state index in [4.69, 9.17) is 9.15 Å². The molecule has 1 saturated heterocycles. The van der Waals surface area contributed by atoms with E-state index in [2.05, 4.69) is 32.2 Å². The van der Waals surface area contributed by atoms with Gasteiger partial charge in [0.25, 0.3) is 5.91 Å². The largest absolute Gasteiger partial charge is 0.494 e. The molecule has 2 aliphatic rings. The lowest BCUT2D eigenvalue weighted by Crippen LogP contribution is -2.49. The molecule has 0 atom stereocenters. The molecule has 162 valence electrons. The molecule has 4 heterocycles. The molecule has 2 fully saturated rings. The summed E-state index contributed by atoms with van der Waals surface area (Å²) >= 11 is 0. The van der Waals surface area contributed by atoms with Gasteiger partial charge >= 0.3 is 0 Å². The standard InChI is InChI=1S/C21H25N7O3/c1-13-10-15-16(26-21(2)4-5-21)24-17(25-18(15)31-13)19(29)27-6-8-28(9-7-27)20-22-11-14(30-3)12-23-20/h10-12H,4-9H2,1-3H3,(H,24,25,26). The fraction of sp³-hybridized carbons (Fsp3) is 0.476. The number of ether oxygens (including phenoxy) is 1. The van der Waals surface area contributed by atoms with Crippen molar-refractivity contribution in [3.8, 4) is 5.75 Å². The summed E-state index contributed by atoms with van der Waals surface area (Å²) < 4.78 is 10.8. The zero-order valence-electron chi connectivity index (χ0n) is 17.9. The average molecular weight is 423 g/mol. The van der Waals surface area contributed by atoms with Crippen molar-refractivity contribution in [2.75, 3.05) is 43.5 Å². The number of furan rings is 1. The summed E-state index contributed by atoms with van der Waals surface area (Å²) in [5.41, 5.74) is 0.462. The Morgan fingerprint density at radius 3 is 2.52 bits per heavy atom. The first-order valence-corrected chi connectivity index (χ1v) is 10.4. The zero-order chi connectivity index (χ0) is 21.6. The number of nitrogens with zero attached hydrogens (tertiary/aromatic N) is 6. The summed E-state index contributed by atoms with van der Waals surface area (Å²) in [6.45, 7) is 6.34. The quantitative estimate of drug-likeness (QED) is 0.661. The van der Waals surface area contributed by atoms with E-state index in [9.17, 15) is 4.79 Å². The smallest absolute Gasteiger partial charge is 0.291 e. The van der Waals surface area contributed by atoms with E-state index in [-0.39, 0.29) is 17.3 Å². The van der Waals surface area contributed by atoms with Crippen LogP contribution in [0.5, 0.6) is 5.75 Å². The van der Waals surface area contributed by atoms with Crippen molar-refractivity contribution in [3.63, 3.8) is 0 Å². The summed E-state index contributed by atoms with van der Waals surface area (Å²) in [5, 5.41) is 4.28. The molecule has 3 aromatic heterocycles. The number of piperazine rings is 1. The molecule has 0 radical (unpaired) electrons. The topological polar surface area (TPSA) is 110 Å². The van der Waals surface area contributed by atoms with Crippen molar-refractivity contribution < 1.29 is 13.9 Å². The maximum absolute atomic E-state index is 13.2. The second-order valence-corrected chi connectivity index (χ2v) is 8.36. The van der Waals surface area contributed by atoms with Crippen LogP contribution in [0.1, 0.15) is 36.1 Å². The molecule has 3 aromatic rings. The van der Waals surface area contributed by atoms with Gasteiger partial charge in [0.2, 0.25) is 17.5 Å². The van der Waals surface area contributed by atoms with Crippen LogP contribution in [0, 0.1) is 6.92 Å². The molecular weight excluding hydrogens is 398 g/mol. The highest BCUT2D eigenvalue weighted by Gasteiger charge is 2.38. The predicted molar refractivity (Wildman–Crippen MR) is 115 cm³/mol. The van der Waals surface area contributed by atoms with Crippen LogP contribution in [-0.4, -0.2) is 69.6 Å². The molecular formula is C21H25N7O3. The zero-order valence-corrected chi connectivity index (χ0v) is 17.9. The number of methoxy groups -OCH3 is 1. The molecule has 0 bridgehead atoms. The maximum atomic E-state index is 13.2. The van der Waals surface area contributed by atoms with Gasteiger partial charge in [-0.05, 0) is 32.8 Å². The maximum Gasteiger partial charge on any atom is 0.291 e. The summed E-state index contributed by atoms with van der Waals surface area (Å²) in [7, 11) is 1.58. The third-order valence-corrected chi connectivity index (χ3v) is 5.83. The molecule has 10 heteroatoms. The Balaban J connectivity index is 1.33. The SMILES string of the molecule is COc1cnc(N2CCN(C(=O)c3nc(NC4(C)CC4)c4cc(C)oc4n3)CC2)nc1. The van der Waals surface area contributed by atoms with E-state index < -0.39 is 0 Å². The van der Waals surface area contributed by atoms with E-state index >= 15 is 0 Å². The number of amides is 1. The van der Waals surface area contributed by atoms with E-state index in [0.717, 1.165) is 24.0 Å². The molecule has 10 nitrogen and oxygen atoms in total. The second-order valence-electron chi connectivity index (χ2n) is 8.36. The van der Waals surface area contributed by atoms with Crippen LogP contribution in [0.4, 0.5) is 11.8 Å². The van der Waals surface area contributed by atoms with Gasteiger partial charge in [-0.25, -0.2) is 15.0 Å². The van der Waals surface area contributed by atoms with E-state index in [1.54, 1.807) is 24.4 Å². The Hall–Kier alpha value is -3.43. The minimum atomic E-state index is -0.199. The van der Waals surface area contributed by atoms with Gasteiger partial charge in [-0.1, -0.05) is 0 Å². The van der Waals surface area contributed by atoms with Crippen molar-refractivity contribution in [2.24, 2.45) is 0 Å². The number of hydrogen-bond acceptors (Lipinski definition) is 9. The van der Waals surface area contributed by atoms with Gasteiger partial charge in [0.15, 0.2) is 5.75 Å². The van der Waals surface area contributed by atoms with Crippen molar-refractivity contribution in [1.29, 1.82) is 0 Å². The summed E-state index contributed by atoms with van der Waals surface area (Å²) in [5.74, 6) is 2.60. The third kappa shape index (κ3) is 3.85. The van der Waals surface area contributed by atoms with Gasteiger partial charge in [-0.15, -0.1) is 0 Å². The molecule has 31 heavy (non-hydrogen) atoms. The van der Waals surface area contributed by atoms with Crippen LogP contribution < -0.4 is 15.0 Å². The summed E-state index contributed by atoms with van der Waals surface area (Å²) in [4.78, 5) is 34.6. The third-order valence-electron chi connectivity index (χ3n) is 5.83. The van der Waals surface area contributed by atoms with Gasteiger partial charge < -0.3 is 24.3 Å². The Bertz CT molecular complexity index is 1120. The Labute approximate surface area is 179 Å². The number of carbonyl (C=O) groups excluding carboxylic acids is 1. The minimum Gasteiger partial charge on any atom is -0.494 e. The van der Waals surface area contributed by atoms with Gasteiger partial charge in [0, 0.05) is 31.7 Å². The number of carbonyl (C=O) groups is 1. The van der Waals surface area contributed by atoms with Crippen molar-refractivity contribution in [1.82, 2.24) is 24.8 Å². The van der Waals surface area contributed by atoms with Crippen LogP contribution in [-0.2, 0) is 0 Å². The van der Waals surface area contributed by atoms with Crippen LogP contribution in [0.3, 0.4) is 0 Å². The van der Waals surface area contributed by atoms with Gasteiger partial charge in [0.1, 0.15) is 11.6 Å². The molecule has 1 aliphatic heterocycles. The molecule has 1 N–H and O–H groups in total. The highest BCUT2D eigenvalue weighted by Crippen LogP contribution is 2.39. The Kier molecular flexibility index (Phi) is 4.64. The lowest BCUT2D eigenvalue weighted by molar-refractivity contribution is 0.0734. The molecule has 0 spiro atoms. The summed E-state index contributed by atoms with van der Waals surface area (Å²) in [6, 6.07) is 1.91. The van der Waals surface area contributed by atoms with Crippen LogP contribution >= 0.6 is 0 Å². The highest BCUT2D eigenvalue weighted by atomic mass is 16.5. The van der Waals surface area contributed by atoms with Crippen molar-refractivity contribution >= 4 is 28.8 Å². The predicted octanol–water partition coefficient (Wildman–Crippen LogP) is 2.26. The first kappa shape index (κ1) is 19.5. The Morgan fingerprint density at radius 1 is 1.16 bits per heavy atom. The van der Waals surface area contributed by atoms with Crippen LogP contribution in [0.2, 0.25) is 0 Å². The van der Waals surface area contributed by atoms with E-state index in [1.807, 2.05) is 17.9 Å². The van der Waals surface area contributed by atoms with E-state index in [1.165, 1.54) is 0 Å². The number of hydrogen-bond donors (Lipinski definition) is 1. The summed E-state index contributed by atoms with van der Waals surface area (Å²) in [6.07, 6.45) is 5.44. The Morgan fingerprint density at radius 2 is 1.87 bits per heavy atom. The molecule has 0 aromatic carbocycles. The molecule has 5 rings (SSSR count). The number of fused-ring (bicyclic) bond motifs is 1. The van der Waals surface area contributed by atoms with Crippen LogP contribution in [0.15, 0.2) is 22.9 Å². The minimum absolute atomic E-state index is 0.0246. The monoisotopic (exact) mass is 423 g/mol. The number of anilines is 2. The molecule has 0 unspecified atom stereocenters. The number of nitrogens with one attached hydrogen (secondary N) is 1. The highest BCUT2D eigenvalue weighted by molar-refractivity contribution is 5.95. The average Bonchev–Trinajstić information content (AvgIpc) is 3.38. The van der Waals surface area contributed by atoms with Crippen molar-refractivity contribution in [3.05, 3.63) is 30.0 Å². The normalized spacial score (nSPS) is 17.6. The molecule has 1 saturated carbocycles. The van der Waals surface area contributed by atoms with Gasteiger partial charge in [-0.3, -0.25) is 4.79 Å². The number of aromatic nitrogens is 4. The first-order chi connectivity index (χ1) is 14.9. The van der Waals surface area contributed by atoms with Crippen LogP contribution in [0.25, 0.3) is 11.1 Å².